The van der Waals surface area contributed by atoms with E-state index in [0.717, 1.165) is 6.08 Å². The molecule has 0 aliphatic rings. The van der Waals surface area contributed by atoms with Gasteiger partial charge in [-0.05, 0) is 0 Å². The summed E-state index contributed by atoms with van der Waals surface area (Å²) in [6.45, 7) is 6.98. The fourth-order valence-corrected chi connectivity index (χ4v) is 1.71. The Bertz CT molecular complexity index is 257. The van der Waals surface area contributed by atoms with Gasteiger partial charge in [-0.15, -0.1) is 0 Å². The largest absolute Gasteiger partial charge is 0.461 e. The van der Waals surface area contributed by atoms with Crippen LogP contribution < -0.4 is 0 Å². The highest BCUT2D eigenvalue weighted by atomic mass is 16.5. The lowest BCUT2D eigenvalue weighted by Crippen LogP contribution is -2.40. The summed E-state index contributed by atoms with van der Waals surface area (Å²) in [4.78, 5) is 14.8. The standard InChI is InChI=1S/C13H26N2O5/c1-2-13(19)20-12-8-15(7-11-18)4-3-14(5-9-16)6-10-17/h2,16-18H,1,3-12H2. The third kappa shape index (κ3) is 9.88. The minimum Gasteiger partial charge on any atom is -0.461 e. The molecule has 0 aliphatic carbocycles. The van der Waals surface area contributed by atoms with Crippen molar-refractivity contribution in [2.45, 2.75) is 0 Å². The van der Waals surface area contributed by atoms with Crippen molar-refractivity contribution in [2.24, 2.45) is 0 Å². The molecule has 0 aromatic rings. The highest BCUT2D eigenvalue weighted by Crippen LogP contribution is 1.93. The molecule has 7 nitrogen and oxygen atoms in total. The number of hydrogen-bond acceptors (Lipinski definition) is 7. The molecule has 0 unspecified atom stereocenters. The Hall–Kier alpha value is -0.990. The second-order valence-electron chi connectivity index (χ2n) is 4.23. The predicted octanol–water partition coefficient (Wildman–Crippen LogP) is -1.70. The van der Waals surface area contributed by atoms with Crippen LogP contribution in [-0.4, -0.2) is 96.8 Å². The van der Waals surface area contributed by atoms with E-state index < -0.39 is 5.97 Å². The molecule has 0 fully saturated rings. The molecule has 0 amide bonds. The van der Waals surface area contributed by atoms with Crippen LogP contribution in [-0.2, 0) is 9.53 Å². The Morgan fingerprint density at radius 1 is 0.900 bits per heavy atom. The van der Waals surface area contributed by atoms with E-state index in [1.165, 1.54) is 0 Å². The van der Waals surface area contributed by atoms with Gasteiger partial charge >= 0.3 is 5.97 Å². The average molecular weight is 290 g/mol. The van der Waals surface area contributed by atoms with Crippen molar-refractivity contribution in [2.75, 3.05) is 65.7 Å². The zero-order valence-corrected chi connectivity index (χ0v) is 11.9. The van der Waals surface area contributed by atoms with E-state index >= 15 is 0 Å². The third-order valence-corrected chi connectivity index (χ3v) is 2.80. The number of carbonyl (C=O) groups excluding carboxylic acids is 1. The summed E-state index contributed by atoms with van der Waals surface area (Å²) < 4.78 is 4.90. The van der Waals surface area contributed by atoms with Crippen LogP contribution in [0, 0.1) is 0 Å². The second kappa shape index (κ2) is 13.0. The molecule has 0 atom stereocenters. The van der Waals surface area contributed by atoms with E-state index in [-0.39, 0.29) is 26.4 Å². The van der Waals surface area contributed by atoms with Crippen LogP contribution in [0.15, 0.2) is 12.7 Å². The first-order chi connectivity index (χ1) is 9.67. The maximum atomic E-state index is 10.9. The second-order valence-corrected chi connectivity index (χ2v) is 4.23. The van der Waals surface area contributed by atoms with Crippen molar-refractivity contribution in [1.29, 1.82) is 0 Å². The lowest BCUT2D eigenvalue weighted by molar-refractivity contribution is -0.138. The molecular formula is C13H26N2O5. The lowest BCUT2D eigenvalue weighted by Gasteiger charge is -2.26. The van der Waals surface area contributed by atoms with E-state index in [4.69, 9.17) is 20.1 Å². The van der Waals surface area contributed by atoms with E-state index in [1.54, 1.807) is 0 Å². The first kappa shape index (κ1) is 19.0. The Morgan fingerprint density at radius 3 is 1.75 bits per heavy atom. The van der Waals surface area contributed by atoms with Crippen LogP contribution in [0.4, 0.5) is 0 Å². The number of aliphatic hydroxyl groups is 3. The fraction of sp³-hybridized carbons (Fsp3) is 0.769. The quantitative estimate of drug-likeness (QED) is 0.275. The maximum Gasteiger partial charge on any atom is 0.330 e. The van der Waals surface area contributed by atoms with Crippen LogP contribution in [0.1, 0.15) is 0 Å². The monoisotopic (exact) mass is 290 g/mol. The van der Waals surface area contributed by atoms with Crippen molar-refractivity contribution >= 4 is 5.97 Å². The molecule has 0 aromatic heterocycles. The number of ether oxygens (including phenoxy) is 1. The SMILES string of the molecule is C=CC(=O)OCCN(CCO)CCN(CCO)CCO. The molecular weight excluding hydrogens is 264 g/mol. The molecule has 0 aliphatic heterocycles. The van der Waals surface area contributed by atoms with Crippen LogP contribution in [0.2, 0.25) is 0 Å². The number of aliphatic hydroxyl groups excluding tert-OH is 3. The van der Waals surface area contributed by atoms with Crippen molar-refractivity contribution in [3.8, 4) is 0 Å². The van der Waals surface area contributed by atoms with Gasteiger partial charge in [0.15, 0.2) is 0 Å². The van der Waals surface area contributed by atoms with Crippen molar-refractivity contribution in [3.05, 3.63) is 12.7 Å². The van der Waals surface area contributed by atoms with Gasteiger partial charge in [0.25, 0.3) is 0 Å². The van der Waals surface area contributed by atoms with Gasteiger partial charge in [0, 0.05) is 45.3 Å². The summed E-state index contributed by atoms with van der Waals surface area (Å²) in [5.41, 5.74) is 0. The summed E-state index contributed by atoms with van der Waals surface area (Å²) in [5, 5.41) is 26.8. The normalized spacial score (nSPS) is 11.1. The van der Waals surface area contributed by atoms with E-state index in [2.05, 4.69) is 6.58 Å². The molecule has 0 spiro atoms. The summed E-state index contributed by atoms with van der Waals surface area (Å²) in [6.07, 6.45) is 1.11. The highest BCUT2D eigenvalue weighted by molar-refractivity contribution is 5.81. The van der Waals surface area contributed by atoms with Gasteiger partial charge in [-0.1, -0.05) is 6.58 Å². The fourth-order valence-electron chi connectivity index (χ4n) is 1.71. The Kier molecular flexibility index (Phi) is 12.4. The van der Waals surface area contributed by atoms with E-state index in [0.29, 0.717) is 39.3 Å². The van der Waals surface area contributed by atoms with E-state index in [9.17, 15) is 4.79 Å². The number of nitrogens with zero attached hydrogens (tertiary/aromatic N) is 2. The number of hydrogen-bond donors (Lipinski definition) is 3. The first-order valence-corrected chi connectivity index (χ1v) is 6.74. The number of esters is 1. The molecule has 0 aromatic carbocycles. The topological polar surface area (TPSA) is 93.5 Å². The van der Waals surface area contributed by atoms with Crippen LogP contribution in [0.3, 0.4) is 0 Å². The van der Waals surface area contributed by atoms with Gasteiger partial charge in [0.05, 0.1) is 19.8 Å². The summed E-state index contributed by atoms with van der Waals surface area (Å²) >= 11 is 0. The van der Waals surface area contributed by atoms with Crippen LogP contribution in [0.5, 0.6) is 0 Å². The van der Waals surface area contributed by atoms with Crippen LogP contribution >= 0.6 is 0 Å². The van der Waals surface area contributed by atoms with Gasteiger partial charge in [0.1, 0.15) is 6.61 Å². The summed E-state index contributed by atoms with van der Waals surface area (Å²) in [7, 11) is 0. The Morgan fingerprint density at radius 2 is 1.35 bits per heavy atom. The molecule has 0 bridgehead atoms. The zero-order chi connectivity index (χ0) is 15.2. The van der Waals surface area contributed by atoms with Crippen molar-refractivity contribution in [3.63, 3.8) is 0 Å². The predicted molar refractivity (Wildman–Crippen MR) is 75.3 cm³/mol. The smallest absolute Gasteiger partial charge is 0.330 e. The molecule has 0 saturated heterocycles. The summed E-state index contributed by atoms with van der Waals surface area (Å²) in [5.74, 6) is -0.462. The highest BCUT2D eigenvalue weighted by Gasteiger charge is 2.09. The minimum absolute atomic E-state index is 0.0232. The lowest BCUT2D eigenvalue weighted by atomic mass is 10.4. The first-order valence-electron chi connectivity index (χ1n) is 6.74. The molecule has 0 heterocycles. The third-order valence-electron chi connectivity index (χ3n) is 2.80. The van der Waals surface area contributed by atoms with Gasteiger partial charge < -0.3 is 20.1 Å². The number of rotatable bonds is 13. The summed E-state index contributed by atoms with van der Waals surface area (Å²) in [6, 6.07) is 0. The Balaban J connectivity index is 4.03. The molecule has 0 saturated carbocycles. The van der Waals surface area contributed by atoms with E-state index in [1.807, 2.05) is 9.80 Å². The van der Waals surface area contributed by atoms with Gasteiger partial charge in [-0.2, -0.15) is 0 Å². The van der Waals surface area contributed by atoms with Gasteiger partial charge in [0.2, 0.25) is 0 Å². The van der Waals surface area contributed by atoms with Crippen molar-refractivity contribution < 1.29 is 24.9 Å². The molecule has 3 N–H and O–H groups in total. The Labute approximate surface area is 120 Å². The molecule has 0 radical (unpaired) electrons. The van der Waals surface area contributed by atoms with Crippen molar-refractivity contribution in [1.82, 2.24) is 9.80 Å². The zero-order valence-electron chi connectivity index (χ0n) is 11.9. The minimum atomic E-state index is -0.462. The molecule has 7 heteroatoms. The molecule has 20 heavy (non-hydrogen) atoms. The van der Waals surface area contributed by atoms with Gasteiger partial charge in [-0.3, -0.25) is 9.80 Å². The average Bonchev–Trinajstić information content (AvgIpc) is 2.44. The van der Waals surface area contributed by atoms with Gasteiger partial charge in [-0.25, -0.2) is 4.79 Å². The van der Waals surface area contributed by atoms with Crippen LogP contribution in [0.25, 0.3) is 0 Å². The number of carbonyl (C=O) groups is 1. The maximum absolute atomic E-state index is 10.9. The molecule has 118 valence electrons. The molecule has 0 rings (SSSR count).